The normalized spacial score (nSPS) is 12.6. The smallest absolute Gasteiger partial charge is 0.337 e. The molecule has 0 heterocycles. The summed E-state index contributed by atoms with van der Waals surface area (Å²) in [7, 11) is 0. The lowest BCUT2D eigenvalue weighted by Gasteiger charge is -2.17. The highest BCUT2D eigenvalue weighted by Gasteiger charge is 2.30. The molecule has 1 rings (SSSR count). The Morgan fingerprint density at radius 2 is 1.79 bits per heavy atom. The molecule has 0 unspecified atom stereocenters. The number of halogens is 4. The fourth-order valence-electron chi connectivity index (χ4n) is 1.15. The van der Waals surface area contributed by atoms with Crippen molar-refractivity contribution < 1.29 is 14.3 Å². The van der Waals surface area contributed by atoms with Crippen LogP contribution in [0.4, 0.5) is 5.69 Å². The second kappa shape index (κ2) is 7.20. The third-order valence-electron chi connectivity index (χ3n) is 1.93. The molecule has 104 valence electrons. The van der Waals surface area contributed by atoms with Gasteiger partial charge in [-0.2, -0.15) is 0 Å². The number of carbonyl (C=O) groups excluding carboxylic acids is 2. The van der Waals surface area contributed by atoms with E-state index in [-0.39, 0.29) is 0 Å². The monoisotopic (exact) mass is 343 g/mol. The molecule has 1 aromatic rings. The maximum atomic E-state index is 11.7. The van der Waals surface area contributed by atoms with Crippen LogP contribution in [-0.2, 0) is 14.3 Å². The SMILES string of the molecule is O=C(Cl)[C@H](Nc1ccccc1)C(=O)OCC(Cl)(Cl)Cl. The number of benzene rings is 1. The number of esters is 1. The van der Waals surface area contributed by atoms with Crippen molar-refractivity contribution in [2.45, 2.75) is 9.83 Å². The van der Waals surface area contributed by atoms with Crippen molar-refractivity contribution in [3.05, 3.63) is 30.3 Å². The second-order valence-electron chi connectivity index (χ2n) is 3.47. The van der Waals surface area contributed by atoms with Crippen LogP contribution in [-0.4, -0.2) is 27.7 Å². The lowest BCUT2D eigenvalue weighted by atomic mass is 10.2. The van der Waals surface area contributed by atoms with E-state index < -0.39 is 27.7 Å². The molecule has 0 aliphatic heterocycles. The summed E-state index contributed by atoms with van der Waals surface area (Å²) >= 11 is 21.6. The van der Waals surface area contributed by atoms with Gasteiger partial charge in [-0.3, -0.25) is 4.79 Å². The summed E-state index contributed by atoms with van der Waals surface area (Å²) in [5, 5.41) is 1.71. The van der Waals surface area contributed by atoms with Gasteiger partial charge in [0.15, 0.2) is 6.04 Å². The molecule has 0 radical (unpaired) electrons. The number of hydrogen-bond acceptors (Lipinski definition) is 4. The second-order valence-corrected chi connectivity index (χ2v) is 6.36. The summed E-state index contributed by atoms with van der Waals surface area (Å²) in [6.07, 6.45) is 0. The summed E-state index contributed by atoms with van der Waals surface area (Å²) in [6, 6.07) is 7.19. The van der Waals surface area contributed by atoms with Crippen LogP contribution < -0.4 is 5.32 Å². The maximum Gasteiger partial charge on any atom is 0.337 e. The standard InChI is InChI=1S/C11H9Cl4NO3/c12-9(17)8(10(18)19-6-11(13,14)15)16-7-4-2-1-3-5-7/h1-5,8,16H,6H2/t8-/m0/s1. The van der Waals surface area contributed by atoms with Crippen LogP contribution in [0.15, 0.2) is 30.3 Å². The number of para-hydroxylation sites is 1. The molecule has 4 nitrogen and oxygen atoms in total. The van der Waals surface area contributed by atoms with Gasteiger partial charge in [0.2, 0.25) is 3.79 Å². The Morgan fingerprint density at radius 1 is 1.21 bits per heavy atom. The van der Waals surface area contributed by atoms with E-state index >= 15 is 0 Å². The molecule has 1 atom stereocenters. The molecule has 8 heteroatoms. The van der Waals surface area contributed by atoms with Gasteiger partial charge >= 0.3 is 5.97 Å². The van der Waals surface area contributed by atoms with E-state index in [4.69, 9.17) is 51.1 Å². The molecule has 19 heavy (non-hydrogen) atoms. The average molecular weight is 345 g/mol. The molecular formula is C11H9Cl4NO3. The number of hydrogen-bond donors (Lipinski definition) is 1. The summed E-state index contributed by atoms with van der Waals surface area (Å²) in [4.78, 5) is 22.9. The van der Waals surface area contributed by atoms with Crippen molar-refractivity contribution in [3.63, 3.8) is 0 Å². The summed E-state index contributed by atoms with van der Waals surface area (Å²) < 4.78 is 2.95. The molecular weight excluding hydrogens is 336 g/mol. The van der Waals surface area contributed by atoms with Crippen molar-refractivity contribution >= 4 is 63.3 Å². The van der Waals surface area contributed by atoms with Crippen molar-refractivity contribution in [1.29, 1.82) is 0 Å². The average Bonchev–Trinajstić information content (AvgIpc) is 2.33. The van der Waals surface area contributed by atoms with Gasteiger partial charge in [-0.25, -0.2) is 4.79 Å². The van der Waals surface area contributed by atoms with E-state index in [2.05, 4.69) is 5.32 Å². The fraction of sp³-hybridized carbons (Fsp3) is 0.273. The predicted molar refractivity (Wildman–Crippen MR) is 76.0 cm³/mol. The fourth-order valence-corrected chi connectivity index (χ4v) is 1.45. The van der Waals surface area contributed by atoms with E-state index in [1.54, 1.807) is 30.3 Å². The molecule has 0 saturated carbocycles. The largest absolute Gasteiger partial charge is 0.459 e. The van der Waals surface area contributed by atoms with Crippen LogP contribution >= 0.6 is 46.4 Å². The summed E-state index contributed by atoms with van der Waals surface area (Å²) in [5.41, 5.74) is 0.535. The highest BCUT2D eigenvalue weighted by Crippen LogP contribution is 2.26. The molecule has 0 spiro atoms. The molecule has 0 aliphatic carbocycles. The first-order valence-electron chi connectivity index (χ1n) is 5.04. The Hall–Kier alpha value is -0.680. The van der Waals surface area contributed by atoms with Crippen molar-refractivity contribution in [2.24, 2.45) is 0 Å². The van der Waals surface area contributed by atoms with Crippen molar-refractivity contribution in [1.82, 2.24) is 0 Å². The molecule has 0 aliphatic rings. The van der Waals surface area contributed by atoms with Gasteiger partial charge in [0.1, 0.15) is 6.61 Å². The Labute approximate surface area is 129 Å². The van der Waals surface area contributed by atoms with Gasteiger partial charge in [-0.1, -0.05) is 53.0 Å². The number of anilines is 1. The van der Waals surface area contributed by atoms with Crippen LogP contribution in [0.25, 0.3) is 0 Å². The van der Waals surface area contributed by atoms with E-state index in [0.29, 0.717) is 5.69 Å². The zero-order valence-corrected chi connectivity index (χ0v) is 12.4. The van der Waals surface area contributed by atoms with Crippen LogP contribution in [0, 0.1) is 0 Å². The van der Waals surface area contributed by atoms with Gasteiger partial charge in [0.25, 0.3) is 5.24 Å². The minimum absolute atomic E-state index is 0.479. The Bertz CT molecular complexity index is 447. The Balaban J connectivity index is 2.68. The quantitative estimate of drug-likeness (QED) is 0.386. The number of ether oxygens (including phenoxy) is 1. The summed E-state index contributed by atoms with van der Waals surface area (Å²) in [5.74, 6) is -0.921. The van der Waals surface area contributed by atoms with Gasteiger partial charge < -0.3 is 10.1 Å². The van der Waals surface area contributed by atoms with Gasteiger partial charge in [0, 0.05) is 5.69 Å². The number of carbonyl (C=O) groups is 2. The van der Waals surface area contributed by atoms with Crippen LogP contribution in [0.5, 0.6) is 0 Å². The first-order valence-corrected chi connectivity index (χ1v) is 6.55. The molecule has 0 saturated heterocycles. The van der Waals surface area contributed by atoms with Crippen LogP contribution in [0.2, 0.25) is 0 Å². The first kappa shape index (κ1) is 16.4. The Kier molecular flexibility index (Phi) is 6.20. The van der Waals surface area contributed by atoms with Gasteiger partial charge in [-0.05, 0) is 23.7 Å². The first-order chi connectivity index (χ1) is 8.79. The summed E-state index contributed by atoms with van der Waals surface area (Å²) in [6.45, 7) is -0.479. The molecule has 1 N–H and O–H groups in total. The van der Waals surface area contributed by atoms with Crippen molar-refractivity contribution in [3.8, 4) is 0 Å². The van der Waals surface area contributed by atoms with Crippen LogP contribution in [0.3, 0.4) is 0 Å². The van der Waals surface area contributed by atoms with E-state index in [0.717, 1.165) is 0 Å². The van der Waals surface area contributed by atoms with Crippen LogP contribution in [0.1, 0.15) is 0 Å². The third-order valence-corrected chi connectivity index (χ3v) is 2.47. The zero-order valence-electron chi connectivity index (χ0n) is 9.41. The molecule has 1 aromatic carbocycles. The molecule has 0 aromatic heterocycles. The Morgan fingerprint density at radius 3 is 2.26 bits per heavy atom. The van der Waals surface area contributed by atoms with E-state index in [1.807, 2.05) is 0 Å². The topological polar surface area (TPSA) is 55.4 Å². The number of alkyl halides is 3. The molecule has 0 bridgehead atoms. The van der Waals surface area contributed by atoms with Gasteiger partial charge in [0.05, 0.1) is 0 Å². The maximum absolute atomic E-state index is 11.7. The number of rotatable bonds is 5. The highest BCUT2D eigenvalue weighted by atomic mass is 35.6. The van der Waals surface area contributed by atoms with Crippen molar-refractivity contribution in [2.75, 3.05) is 11.9 Å². The minimum Gasteiger partial charge on any atom is -0.459 e. The minimum atomic E-state index is -1.75. The lowest BCUT2D eigenvalue weighted by Crippen LogP contribution is -2.37. The molecule has 0 amide bonds. The molecule has 0 fully saturated rings. The van der Waals surface area contributed by atoms with Gasteiger partial charge in [-0.15, -0.1) is 0 Å². The van der Waals surface area contributed by atoms with E-state index in [1.165, 1.54) is 0 Å². The zero-order chi connectivity index (χ0) is 14.5. The van der Waals surface area contributed by atoms with E-state index in [9.17, 15) is 9.59 Å². The number of nitrogens with one attached hydrogen (secondary N) is 1. The predicted octanol–water partition coefficient (Wildman–Crippen LogP) is 3.15. The lowest BCUT2D eigenvalue weighted by molar-refractivity contribution is -0.145. The third kappa shape index (κ3) is 6.34. The highest BCUT2D eigenvalue weighted by molar-refractivity contribution is 6.68.